The van der Waals surface area contributed by atoms with Crippen LogP contribution in [0.15, 0.2) is 0 Å². The van der Waals surface area contributed by atoms with E-state index in [2.05, 4.69) is 38.8 Å². The van der Waals surface area contributed by atoms with Gasteiger partial charge in [0.25, 0.3) is 0 Å². The van der Waals surface area contributed by atoms with E-state index in [9.17, 15) is 8.42 Å². The van der Waals surface area contributed by atoms with Gasteiger partial charge in [0, 0.05) is 10.7 Å². The molecule has 1 fully saturated rings. The van der Waals surface area contributed by atoms with E-state index in [1.54, 1.807) is 0 Å². The van der Waals surface area contributed by atoms with Gasteiger partial charge in [-0.1, -0.05) is 38.8 Å². The van der Waals surface area contributed by atoms with Crippen LogP contribution in [0.3, 0.4) is 0 Å². The van der Waals surface area contributed by atoms with Gasteiger partial charge in [-0.25, -0.2) is 8.42 Å². The summed E-state index contributed by atoms with van der Waals surface area (Å²) in [6.07, 6.45) is 1.92. The first-order chi connectivity index (χ1) is 7.99. The summed E-state index contributed by atoms with van der Waals surface area (Å²) >= 11 is 9.13. The zero-order valence-electron chi connectivity index (χ0n) is 10.1. The fraction of sp³-hybridized carbons (Fsp3) is 1.00. The maximum Gasteiger partial charge on any atom is 0.150 e. The van der Waals surface area contributed by atoms with Crippen LogP contribution in [0.5, 0.6) is 0 Å². The lowest BCUT2D eigenvalue weighted by molar-refractivity contribution is 0.247. The lowest BCUT2D eigenvalue weighted by Crippen LogP contribution is -2.35. The van der Waals surface area contributed by atoms with Crippen molar-refractivity contribution in [1.82, 2.24) is 0 Å². The molecule has 1 rings (SSSR count). The highest BCUT2D eigenvalue weighted by molar-refractivity contribution is 9.09. The van der Waals surface area contributed by atoms with Crippen molar-refractivity contribution >= 4 is 53.5 Å². The molecule has 0 radical (unpaired) electrons. The summed E-state index contributed by atoms with van der Waals surface area (Å²) in [5.74, 6) is 3.30. The predicted molar refractivity (Wildman–Crippen MR) is 84.4 cm³/mol. The standard InChI is InChI=1S/C11H20Br2O2S2/c1-2-16-5-4-11(8-12,9-13)10-3-6-17(14,15)7-10/h10H,2-9H2,1H3. The molecular formula is C11H20Br2O2S2. The molecule has 1 saturated heterocycles. The van der Waals surface area contributed by atoms with Crippen LogP contribution < -0.4 is 0 Å². The lowest BCUT2D eigenvalue weighted by Gasteiger charge is -2.35. The smallest absolute Gasteiger partial charge is 0.150 e. The van der Waals surface area contributed by atoms with Crippen molar-refractivity contribution in [3.8, 4) is 0 Å². The average molecular weight is 408 g/mol. The summed E-state index contributed by atoms with van der Waals surface area (Å²) in [4.78, 5) is 0. The topological polar surface area (TPSA) is 34.1 Å². The van der Waals surface area contributed by atoms with E-state index in [0.717, 1.165) is 35.0 Å². The predicted octanol–water partition coefficient (Wildman–Crippen LogP) is 3.34. The quantitative estimate of drug-likeness (QED) is 0.479. The highest BCUT2D eigenvalue weighted by Crippen LogP contribution is 2.42. The lowest BCUT2D eigenvalue weighted by atomic mass is 9.76. The van der Waals surface area contributed by atoms with Crippen LogP contribution >= 0.6 is 43.6 Å². The van der Waals surface area contributed by atoms with Crippen molar-refractivity contribution in [3.05, 3.63) is 0 Å². The van der Waals surface area contributed by atoms with E-state index in [4.69, 9.17) is 0 Å². The molecule has 1 aliphatic heterocycles. The molecule has 0 amide bonds. The van der Waals surface area contributed by atoms with E-state index in [1.165, 1.54) is 0 Å². The molecule has 6 heteroatoms. The second-order valence-corrected chi connectivity index (χ2v) is 9.42. The molecule has 0 spiro atoms. The van der Waals surface area contributed by atoms with Crippen LogP contribution in [0.1, 0.15) is 19.8 Å². The molecule has 2 nitrogen and oxygen atoms in total. The number of alkyl halides is 2. The van der Waals surface area contributed by atoms with Crippen molar-refractivity contribution in [2.24, 2.45) is 11.3 Å². The van der Waals surface area contributed by atoms with Gasteiger partial charge >= 0.3 is 0 Å². The number of rotatable bonds is 7. The minimum Gasteiger partial charge on any atom is -0.229 e. The number of hydrogen-bond acceptors (Lipinski definition) is 3. The Kier molecular flexibility index (Phi) is 6.86. The Balaban J connectivity index is 2.70. The molecule has 0 bridgehead atoms. The summed E-state index contributed by atoms with van der Waals surface area (Å²) in [5.41, 5.74) is 0.103. The van der Waals surface area contributed by atoms with Crippen LogP contribution in [0, 0.1) is 11.3 Å². The van der Waals surface area contributed by atoms with Gasteiger partial charge in [0.1, 0.15) is 0 Å². The Labute approximate surface area is 126 Å². The molecular weight excluding hydrogens is 388 g/mol. The fourth-order valence-electron chi connectivity index (χ4n) is 2.29. The zero-order valence-corrected chi connectivity index (χ0v) is 14.9. The summed E-state index contributed by atoms with van der Waals surface area (Å²) < 4.78 is 23.2. The van der Waals surface area contributed by atoms with E-state index in [-0.39, 0.29) is 5.41 Å². The van der Waals surface area contributed by atoms with Gasteiger partial charge in [-0.2, -0.15) is 11.8 Å². The average Bonchev–Trinajstić information content (AvgIpc) is 2.66. The molecule has 1 atom stereocenters. The Hall–Kier alpha value is 1.26. The molecule has 102 valence electrons. The highest BCUT2D eigenvalue weighted by Gasteiger charge is 2.42. The van der Waals surface area contributed by atoms with Gasteiger partial charge in [-0.15, -0.1) is 0 Å². The van der Waals surface area contributed by atoms with Crippen LogP contribution in [-0.4, -0.2) is 42.1 Å². The number of thioether (sulfide) groups is 1. The molecule has 1 aliphatic rings. The normalized spacial score (nSPS) is 24.1. The monoisotopic (exact) mass is 406 g/mol. The summed E-state index contributed by atoms with van der Waals surface area (Å²) in [5, 5.41) is 1.77. The van der Waals surface area contributed by atoms with Crippen molar-refractivity contribution in [2.75, 3.05) is 33.7 Å². The summed E-state index contributed by atoms with van der Waals surface area (Å²) in [7, 11) is -2.78. The van der Waals surface area contributed by atoms with Gasteiger partial charge in [0.05, 0.1) is 11.5 Å². The summed E-state index contributed by atoms with van der Waals surface area (Å²) in [6.45, 7) is 2.16. The molecule has 0 aromatic rings. The van der Waals surface area contributed by atoms with Crippen LogP contribution in [0.25, 0.3) is 0 Å². The van der Waals surface area contributed by atoms with Crippen LogP contribution in [0.4, 0.5) is 0 Å². The molecule has 1 heterocycles. The van der Waals surface area contributed by atoms with Crippen molar-refractivity contribution in [2.45, 2.75) is 19.8 Å². The first-order valence-corrected chi connectivity index (χ1v) is 11.1. The van der Waals surface area contributed by atoms with Crippen molar-refractivity contribution in [3.63, 3.8) is 0 Å². The number of hydrogen-bond donors (Lipinski definition) is 0. The third-order valence-electron chi connectivity index (χ3n) is 3.58. The van der Waals surface area contributed by atoms with Crippen molar-refractivity contribution < 1.29 is 8.42 Å². The van der Waals surface area contributed by atoms with Gasteiger partial charge in [0.2, 0.25) is 0 Å². The Morgan fingerprint density at radius 3 is 2.41 bits per heavy atom. The SMILES string of the molecule is CCSCCC(CBr)(CBr)C1CCS(=O)(=O)C1. The van der Waals surface area contributed by atoms with E-state index in [1.807, 2.05) is 11.8 Å². The molecule has 0 aromatic carbocycles. The maximum atomic E-state index is 11.6. The Morgan fingerprint density at radius 2 is 2.00 bits per heavy atom. The first-order valence-electron chi connectivity index (χ1n) is 5.90. The highest BCUT2D eigenvalue weighted by atomic mass is 79.9. The van der Waals surface area contributed by atoms with E-state index in [0.29, 0.717) is 17.4 Å². The van der Waals surface area contributed by atoms with Crippen LogP contribution in [-0.2, 0) is 9.84 Å². The molecule has 17 heavy (non-hydrogen) atoms. The van der Waals surface area contributed by atoms with E-state index >= 15 is 0 Å². The second kappa shape index (κ2) is 7.15. The van der Waals surface area contributed by atoms with Crippen LogP contribution in [0.2, 0.25) is 0 Å². The third kappa shape index (κ3) is 4.39. The minimum absolute atomic E-state index is 0.103. The molecule has 0 aromatic heterocycles. The van der Waals surface area contributed by atoms with Gasteiger partial charge in [-0.05, 0) is 35.7 Å². The Bertz CT molecular complexity index is 326. The molecule has 0 aliphatic carbocycles. The maximum absolute atomic E-state index is 11.6. The van der Waals surface area contributed by atoms with Gasteiger partial charge in [0.15, 0.2) is 9.84 Å². The third-order valence-corrected chi connectivity index (χ3v) is 8.48. The summed E-state index contributed by atoms with van der Waals surface area (Å²) in [6, 6.07) is 0. The largest absolute Gasteiger partial charge is 0.229 e. The first kappa shape index (κ1) is 16.3. The van der Waals surface area contributed by atoms with Gasteiger partial charge < -0.3 is 0 Å². The van der Waals surface area contributed by atoms with E-state index < -0.39 is 9.84 Å². The Morgan fingerprint density at radius 1 is 1.35 bits per heavy atom. The minimum atomic E-state index is -2.78. The molecule has 0 saturated carbocycles. The van der Waals surface area contributed by atoms with Crippen molar-refractivity contribution in [1.29, 1.82) is 0 Å². The fourth-order valence-corrected chi connectivity index (χ4v) is 7.48. The van der Waals surface area contributed by atoms with Gasteiger partial charge in [-0.3, -0.25) is 0 Å². The molecule has 0 N–H and O–H groups in total. The zero-order chi connectivity index (χ0) is 12.9. The second-order valence-electron chi connectivity index (χ2n) is 4.68. The number of halogens is 2. The molecule has 1 unspecified atom stereocenters. The number of sulfone groups is 1.